The zero-order chi connectivity index (χ0) is 15.5. The highest BCUT2D eigenvalue weighted by molar-refractivity contribution is 7.98. The topological polar surface area (TPSA) is 38.9 Å². The van der Waals surface area contributed by atoms with Crippen LogP contribution in [0.4, 0.5) is 4.39 Å². The lowest BCUT2D eigenvalue weighted by Crippen LogP contribution is -1.85. The van der Waals surface area contributed by atoms with Crippen molar-refractivity contribution in [2.75, 3.05) is 0 Å². The van der Waals surface area contributed by atoms with Gasteiger partial charge in [0.2, 0.25) is 11.7 Å². The van der Waals surface area contributed by atoms with Crippen LogP contribution in [0.2, 0.25) is 0 Å². The van der Waals surface area contributed by atoms with E-state index in [0.29, 0.717) is 17.5 Å². The van der Waals surface area contributed by atoms with E-state index >= 15 is 0 Å². The number of aryl methyl sites for hydroxylation is 2. The van der Waals surface area contributed by atoms with Crippen molar-refractivity contribution in [1.82, 2.24) is 10.1 Å². The number of aromatic nitrogens is 2. The molecule has 3 rings (SSSR count). The summed E-state index contributed by atoms with van der Waals surface area (Å²) in [6, 6.07) is 12.4. The predicted octanol–water partition coefficient (Wildman–Crippen LogP) is 4.78. The van der Waals surface area contributed by atoms with Crippen LogP contribution >= 0.6 is 11.8 Å². The van der Waals surface area contributed by atoms with E-state index in [4.69, 9.17) is 4.52 Å². The summed E-state index contributed by atoms with van der Waals surface area (Å²) in [7, 11) is 0. The first kappa shape index (κ1) is 14.8. The molecule has 0 saturated carbocycles. The van der Waals surface area contributed by atoms with Gasteiger partial charge in [0, 0.05) is 10.5 Å². The van der Waals surface area contributed by atoms with E-state index in [-0.39, 0.29) is 5.82 Å². The van der Waals surface area contributed by atoms with Gasteiger partial charge in [0.1, 0.15) is 5.82 Å². The molecular formula is C17H15FN2OS. The summed E-state index contributed by atoms with van der Waals surface area (Å²) in [5.74, 6) is 1.37. The van der Waals surface area contributed by atoms with E-state index in [9.17, 15) is 4.39 Å². The minimum Gasteiger partial charge on any atom is -0.338 e. The fraction of sp³-hybridized carbons (Fsp3) is 0.176. The minimum absolute atomic E-state index is 0.280. The Morgan fingerprint density at radius 3 is 2.59 bits per heavy atom. The summed E-state index contributed by atoms with van der Waals surface area (Å²) in [5.41, 5.74) is 3.23. The summed E-state index contributed by atoms with van der Waals surface area (Å²) < 4.78 is 18.2. The standard InChI is InChI=1S/C17H15FN2OS/c1-11-3-8-15(12(2)9-11)22-10-16-19-17(20-21-16)13-4-6-14(18)7-5-13/h3-9H,10H2,1-2H3. The highest BCUT2D eigenvalue weighted by atomic mass is 32.2. The Bertz CT molecular complexity index is 784. The van der Waals surface area contributed by atoms with Crippen LogP contribution in [0.1, 0.15) is 17.0 Å². The first-order valence-electron chi connectivity index (χ1n) is 6.90. The van der Waals surface area contributed by atoms with Crippen molar-refractivity contribution in [3.8, 4) is 11.4 Å². The number of benzene rings is 2. The number of rotatable bonds is 4. The molecule has 0 spiro atoms. The molecule has 0 atom stereocenters. The largest absolute Gasteiger partial charge is 0.338 e. The average Bonchev–Trinajstić information content (AvgIpc) is 2.96. The maximum atomic E-state index is 12.9. The minimum atomic E-state index is -0.280. The van der Waals surface area contributed by atoms with E-state index in [0.717, 1.165) is 5.56 Å². The number of thioether (sulfide) groups is 1. The molecule has 1 heterocycles. The lowest BCUT2D eigenvalue weighted by atomic mass is 10.2. The maximum absolute atomic E-state index is 12.9. The highest BCUT2D eigenvalue weighted by Crippen LogP contribution is 2.27. The van der Waals surface area contributed by atoms with Crippen LogP contribution in [0.25, 0.3) is 11.4 Å². The van der Waals surface area contributed by atoms with Gasteiger partial charge in [-0.05, 0) is 49.7 Å². The monoisotopic (exact) mass is 314 g/mol. The van der Waals surface area contributed by atoms with Gasteiger partial charge in [-0.25, -0.2) is 4.39 Å². The Morgan fingerprint density at radius 1 is 1.09 bits per heavy atom. The average molecular weight is 314 g/mol. The van der Waals surface area contributed by atoms with Crippen LogP contribution in [0, 0.1) is 19.7 Å². The fourth-order valence-electron chi connectivity index (χ4n) is 2.13. The van der Waals surface area contributed by atoms with Gasteiger partial charge in [0.15, 0.2) is 0 Å². The smallest absolute Gasteiger partial charge is 0.237 e. The van der Waals surface area contributed by atoms with Crippen molar-refractivity contribution in [3.63, 3.8) is 0 Å². The molecule has 0 aliphatic heterocycles. The molecule has 0 fully saturated rings. The predicted molar refractivity (Wildman–Crippen MR) is 85.2 cm³/mol. The molecule has 3 aromatic rings. The third-order valence-electron chi connectivity index (χ3n) is 3.25. The van der Waals surface area contributed by atoms with Gasteiger partial charge in [0.25, 0.3) is 0 Å². The molecule has 1 aromatic heterocycles. The SMILES string of the molecule is Cc1ccc(SCc2nc(-c3ccc(F)cc3)no2)c(C)c1. The molecule has 0 radical (unpaired) electrons. The number of halogens is 1. The van der Waals surface area contributed by atoms with Crippen molar-refractivity contribution in [2.24, 2.45) is 0 Å². The van der Waals surface area contributed by atoms with Crippen molar-refractivity contribution < 1.29 is 8.91 Å². The fourth-order valence-corrected chi connectivity index (χ4v) is 2.98. The quantitative estimate of drug-likeness (QED) is 0.649. The molecule has 0 saturated heterocycles. The molecule has 5 heteroatoms. The summed E-state index contributed by atoms with van der Waals surface area (Å²) in [5, 5.41) is 3.94. The van der Waals surface area contributed by atoms with Gasteiger partial charge < -0.3 is 4.52 Å². The second-order valence-corrected chi connectivity index (χ2v) is 6.09. The summed E-state index contributed by atoms with van der Waals surface area (Å²) in [6.45, 7) is 4.17. The molecule has 0 unspecified atom stereocenters. The molecule has 0 aliphatic rings. The molecule has 2 aromatic carbocycles. The zero-order valence-corrected chi connectivity index (χ0v) is 13.2. The number of hydrogen-bond acceptors (Lipinski definition) is 4. The molecule has 3 nitrogen and oxygen atoms in total. The normalized spacial score (nSPS) is 10.9. The van der Waals surface area contributed by atoms with Crippen molar-refractivity contribution in [3.05, 3.63) is 65.3 Å². The van der Waals surface area contributed by atoms with E-state index < -0.39 is 0 Å². The number of nitrogens with zero attached hydrogens (tertiary/aromatic N) is 2. The summed E-state index contributed by atoms with van der Waals surface area (Å²) >= 11 is 1.66. The highest BCUT2D eigenvalue weighted by Gasteiger charge is 2.10. The van der Waals surface area contributed by atoms with E-state index in [1.165, 1.54) is 28.2 Å². The Kier molecular flexibility index (Phi) is 4.24. The van der Waals surface area contributed by atoms with Gasteiger partial charge in [-0.3, -0.25) is 0 Å². The first-order chi connectivity index (χ1) is 10.6. The summed E-state index contributed by atoms with van der Waals surface area (Å²) in [4.78, 5) is 5.55. The second kappa shape index (κ2) is 6.32. The Hall–Kier alpha value is -2.14. The molecule has 0 bridgehead atoms. The van der Waals surface area contributed by atoms with Gasteiger partial charge in [-0.15, -0.1) is 11.8 Å². The van der Waals surface area contributed by atoms with Crippen LogP contribution < -0.4 is 0 Å². The number of hydrogen-bond donors (Lipinski definition) is 0. The first-order valence-corrected chi connectivity index (χ1v) is 7.89. The van der Waals surface area contributed by atoms with Gasteiger partial charge in [0.05, 0.1) is 5.75 Å². The lowest BCUT2D eigenvalue weighted by Gasteiger charge is -2.04. The Balaban J connectivity index is 1.70. The van der Waals surface area contributed by atoms with Crippen LogP contribution in [0.15, 0.2) is 51.9 Å². The van der Waals surface area contributed by atoms with Crippen LogP contribution in [0.3, 0.4) is 0 Å². The Labute approximate surface area is 132 Å². The Morgan fingerprint density at radius 2 is 1.86 bits per heavy atom. The molecule has 0 N–H and O–H groups in total. The molecule has 112 valence electrons. The molecule has 22 heavy (non-hydrogen) atoms. The van der Waals surface area contributed by atoms with Gasteiger partial charge in [-0.2, -0.15) is 4.98 Å². The van der Waals surface area contributed by atoms with Gasteiger partial charge in [-0.1, -0.05) is 22.9 Å². The van der Waals surface area contributed by atoms with Crippen LogP contribution in [0.5, 0.6) is 0 Å². The zero-order valence-electron chi connectivity index (χ0n) is 12.3. The van der Waals surface area contributed by atoms with Crippen molar-refractivity contribution in [2.45, 2.75) is 24.5 Å². The van der Waals surface area contributed by atoms with E-state index in [2.05, 4.69) is 42.2 Å². The molecule has 0 amide bonds. The van der Waals surface area contributed by atoms with E-state index in [1.807, 2.05) is 0 Å². The molecule has 0 aliphatic carbocycles. The third kappa shape index (κ3) is 3.36. The van der Waals surface area contributed by atoms with Crippen LogP contribution in [-0.4, -0.2) is 10.1 Å². The van der Waals surface area contributed by atoms with Gasteiger partial charge >= 0.3 is 0 Å². The summed E-state index contributed by atoms with van der Waals surface area (Å²) in [6.07, 6.45) is 0. The molecular weight excluding hydrogens is 299 g/mol. The van der Waals surface area contributed by atoms with E-state index in [1.54, 1.807) is 23.9 Å². The van der Waals surface area contributed by atoms with Crippen molar-refractivity contribution in [1.29, 1.82) is 0 Å². The van der Waals surface area contributed by atoms with Crippen molar-refractivity contribution >= 4 is 11.8 Å². The van der Waals surface area contributed by atoms with Crippen LogP contribution in [-0.2, 0) is 5.75 Å². The second-order valence-electron chi connectivity index (χ2n) is 5.08. The maximum Gasteiger partial charge on any atom is 0.237 e. The third-order valence-corrected chi connectivity index (χ3v) is 4.41. The lowest BCUT2D eigenvalue weighted by molar-refractivity contribution is 0.391.